The molecule has 3 nitrogen and oxygen atoms in total. The zero-order valence-corrected chi connectivity index (χ0v) is 9.61. The first-order chi connectivity index (χ1) is 7.88. The molecule has 0 saturated heterocycles. The van der Waals surface area contributed by atoms with Gasteiger partial charge in [-0.15, -0.1) is 0 Å². The Morgan fingerprint density at radius 3 is 3.00 bits per heavy atom. The molecule has 0 aliphatic heterocycles. The lowest BCUT2D eigenvalue weighted by Gasteiger charge is -2.07. The molecule has 0 aromatic heterocycles. The molecule has 2 rings (SSSR count). The van der Waals surface area contributed by atoms with E-state index in [0.717, 1.165) is 36.9 Å². The highest BCUT2D eigenvalue weighted by Crippen LogP contribution is 2.18. The largest absolute Gasteiger partial charge is 0.494 e. The van der Waals surface area contributed by atoms with E-state index in [4.69, 9.17) is 10.5 Å². The first kappa shape index (κ1) is 11.4. The van der Waals surface area contributed by atoms with Crippen LogP contribution in [0, 0.1) is 0 Å². The van der Waals surface area contributed by atoms with Crippen LogP contribution in [0.5, 0.6) is 5.75 Å². The van der Waals surface area contributed by atoms with Gasteiger partial charge in [-0.3, -0.25) is 0 Å². The highest BCUT2D eigenvalue weighted by atomic mass is 16.5. The lowest BCUT2D eigenvalue weighted by molar-refractivity contribution is 0.307. The minimum atomic E-state index is 0.570. The lowest BCUT2D eigenvalue weighted by Crippen LogP contribution is -2.19. The Bertz CT molecular complexity index is 323. The second-order valence-corrected chi connectivity index (χ2v) is 4.28. The summed E-state index contributed by atoms with van der Waals surface area (Å²) in [6.45, 7) is 2.40. The molecule has 1 saturated carbocycles. The average Bonchev–Trinajstić information content (AvgIpc) is 3.13. The molecule has 1 aromatic carbocycles. The van der Waals surface area contributed by atoms with Crippen LogP contribution in [0.25, 0.3) is 0 Å². The number of nitrogens with two attached hydrogens (primary N) is 1. The fourth-order valence-corrected chi connectivity index (χ4v) is 1.62. The van der Waals surface area contributed by atoms with Crippen molar-refractivity contribution in [2.45, 2.75) is 31.8 Å². The lowest BCUT2D eigenvalue weighted by atomic mass is 10.2. The van der Waals surface area contributed by atoms with Gasteiger partial charge in [-0.25, -0.2) is 0 Å². The van der Waals surface area contributed by atoms with Gasteiger partial charge in [0.2, 0.25) is 0 Å². The molecule has 0 spiro atoms. The maximum Gasteiger partial charge on any atom is 0.119 e. The summed E-state index contributed by atoms with van der Waals surface area (Å²) in [7, 11) is 0. The molecule has 0 bridgehead atoms. The third-order valence-electron chi connectivity index (χ3n) is 2.73. The Hall–Kier alpha value is -1.06. The Morgan fingerprint density at radius 1 is 1.38 bits per heavy atom. The van der Waals surface area contributed by atoms with E-state index in [1.165, 1.54) is 12.8 Å². The Kier molecular flexibility index (Phi) is 4.19. The summed E-state index contributed by atoms with van der Waals surface area (Å²) in [4.78, 5) is 0. The normalized spacial score (nSPS) is 15.1. The minimum Gasteiger partial charge on any atom is -0.494 e. The Balaban J connectivity index is 1.63. The fraction of sp³-hybridized carbons (Fsp3) is 0.538. The van der Waals surface area contributed by atoms with E-state index in [1.807, 2.05) is 24.3 Å². The van der Waals surface area contributed by atoms with E-state index >= 15 is 0 Å². The van der Waals surface area contributed by atoms with Crippen LogP contribution in [0.4, 0.5) is 0 Å². The molecule has 1 aliphatic rings. The van der Waals surface area contributed by atoms with Gasteiger partial charge < -0.3 is 15.8 Å². The molecule has 1 fully saturated rings. The zero-order chi connectivity index (χ0) is 11.2. The van der Waals surface area contributed by atoms with Crippen molar-refractivity contribution in [1.82, 2.24) is 5.32 Å². The van der Waals surface area contributed by atoms with Crippen molar-refractivity contribution in [2.75, 3.05) is 13.2 Å². The minimum absolute atomic E-state index is 0.570. The first-order valence-corrected chi connectivity index (χ1v) is 6.03. The van der Waals surface area contributed by atoms with Crippen molar-refractivity contribution in [3.63, 3.8) is 0 Å². The molecule has 16 heavy (non-hydrogen) atoms. The van der Waals surface area contributed by atoms with Crippen LogP contribution < -0.4 is 15.8 Å². The maximum absolute atomic E-state index is 5.66. The first-order valence-electron chi connectivity index (χ1n) is 6.03. The van der Waals surface area contributed by atoms with Gasteiger partial charge in [0, 0.05) is 12.6 Å². The average molecular weight is 220 g/mol. The van der Waals surface area contributed by atoms with Crippen LogP contribution in [0.15, 0.2) is 24.3 Å². The quantitative estimate of drug-likeness (QED) is 0.687. The van der Waals surface area contributed by atoms with Crippen molar-refractivity contribution < 1.29 is 4.74 Å². The topological polar surface area (TPSA) is 47.3 Å². The van der Waals surface area contributed by atoms with Crippen molar-refractivity contribution in [2.24, 2.45) is 5.73 Å². The highest BCUT2D eigenvalue weighted by Gasteiger charge is 2.19. The summed E-state index contributed by atoms with van der Waals surface area (Å²) in [6.07, 6.45) is 3.75. The van der Waals surface area contributed by atoms with Crippen LogP contribution >= 0.6 is 0 Å². The summed E-state index contributed by atoms with van der Waals surface area (Å²) in [5, 5.41) is 3.47. The number of nitrogens with one attached hydrogen (secondary N) is 1. The molecule has 0 heterocycles. The molecule has 1 aromatic rings. The van der Waals surface area contributed by atoms with Gasteiger partial charge in [0.15, 0.2) is 0 Å². The van der Waals surface area contributed by atoms with Crippen molar-refractivity contribution in [1.29, 1.82) is 0 Å². The predicted octanol–water partition coefficient (Wildman–Crippen LogP) is 1.67. The number of ether oxygens (including phenoxy) is 1. The molecular formula is C13H20N2O. The second kappa shape index (κ2) is 5.87. The zero-order valence-electron chi connectivity index (χ0n) is 9.61. The van der Waals surface area contributed by atoms with Gasteiger partial charge in [0.1, 0.15) is 5.75 Å². The van der Waals surface area contributed by atoms with Crippen molar-refractivity contribution >= 4 is 0 Å². The molecule has 88 valence electrons. The third-order valence-corrected chi connectivity index (χ3v) is 2.73. The molecule has 0 radical (unpaired) electrons. The monoisotopic (exact) mass is 220 g/mol. The fourth-order valence-electron chi connectivity index (χ4n) is 1.62. The number of hydrogen-bond donors (Lipinski definition) is 2. The van der Waals surface area contributed by atoms with Gasteiger partial charge >= 0.3 is 0 Å². The summed E-state index contributed by atoms with van der Waals surface area (Å²) in [5.74, 6) is 0.925. The number of benzene rings is 1. The SMILES string of the molecule is NCc1cccc(OCCCNC2CC2)c1. The van der Waals surface area contributed by atoms with E-state index in [-0.39, 0.29) is 0 Å². The molecule has 3 N–H and O–H groups in total. The van der Waals surface area contributed by atoms with Gasteiger partial charge in [-0.1, -0.05) is 12.1 Å². The van der Waals surface area contributed by atoms with Crippen molar-refractivity contribution in [3.05, 3.63) is 29.8 Å². The van der Waals surface area contributed by atoms with Crippen LogP contribution in [0.2, 0.25) is 0 Å². The van der Waals surface area contributed by atoms with Crippen LogP contribution in [0.3, 0.4) is 0 Å². The standard InChI is InChI=1S/C13H20N2O/c14-10-11-3-1-4-13(9-11)16-8-2-7-15-12-5-6-12/h1,3-4,9,12,15H,2,5-8,10,14H2. The molecular weight excluding hydrogens is 200 g/mol. The van der Waals surface area contributed by atoms with E-state index in [1.54, 1.807) is 0 Å². The maximum atomic E-state index is 5.66. The third kappa shape index (κ3) is 3.83. The van der Waals surface area contributed by atoms with Gasteiger partial charge in [0.25, 0.3) is 0 Å². The van der Waals surface area contributed by atoms with Gasteiger partial charge in [-0.2, -0.15) is 0 Å². The van der Waals surface area contributed by atoms with Gasteiger partial charge in [-0.05, 0) is 43.5 Å². The summed E-state index contributed by atoms with van der Waals surface area (Å²) < 4.78 is 5.66. The van der Waals surface area contributed by atoms with E-state index < -0.39 is 0 Å². The number of hydrogen-bond acceptors (Lipinski definition) is 3. The van der Waals surface area contributed by atoms with E-state index in [9.17, 15) is 0 Å². The van der Waals surface area contributed by atoms with Crippen molar-refractivity contribution in [3.8, 4) is 5.75 Å². The molecule has 3 heteroatoms. The Labute approximate surface area is 97.0 Å². The highest BCUT2D eigenvalue weighted by molar-refractivity contribution is 5.28. The van der Waals surface area contributed by atoms with Crippen LogP contribution in [-0.2, 0) is 6.54 Å². The van der Waals surface area contributed by atoms with Crippen LogP contribution in [0.1, 0.15) is 24.8 Å². The van der Waals surface area contributed by atoms with Crippen LogP contribution in [-0.4, -0.2) is 19.2 Å². The molecule has 1 aliphatic carbocycles. The Morgan fingerprint density at radius 2 is 2.25 bits per heavy atom. The van der Waals surface area contributed by atoms with Gasteiger partial charge in [0.05, 0.1) is 6.61 Å². The smallest absolute Gasteiger partial charge is 0.119 e. The summed E-state index contributed by atoms with van der Waals surface area (Å²) in [5.41, 5.74) is 6.69. The molecule has 0 atom stereocenters. The summed E-state index contributed by atoms with van der Waals surface area (Å²) in [6, 6.07) is 8.78. The molecule has 0 unspecified atom stereocenters. The summed E-state index contributed by atoms with van der Waals surface area (Å²) >= 11 is 0. The second-order valence-electron chi connectivity index (χ2n) is 4.28. The van der Waals surface area contributed by atoms with E-state index in [0.29, 0.717) is 6.54 Å². The molecule has 0 amide bonds. The van der Waals surface area contributed by atoms with E-state index in [2.05, 4.69) is 5.32 Å². The predicted molar refractivity (Wildman–Crippen MR) is 65.5 cm³/mol. The number of rotatable bonds is 7.